The lowest BCUT2D eigenvalue weighted by Gasteiger charge is -2.26. The molecule has 1 N–H and O–H groups in total. The topological polar surface area (TPSA) is 12.0 Å². The van der Waals surface area contributed by atoms with E-state index in [2.05, 4.69) is 50.4 Å². The van der Waals surface area contributed by atoms with E-state index in [0.717, 1.165) is 6.54 Å². The van der Waals surface area contributed by atoms with Crippen LogP contribution >= 0.6 is 0 Å². The lowest BCUT2D eigenvalue weighted by molar-refractivity contribution is 0.352. The van der Waals surface area contributed by atoms with Gasteiger partial charge in [-0.2, -0.15) is 0 Å². The standard InChI is InChI=1S/C13H19N/c1-10-8-13(2,3)14-9-11-6-4-5-7-12(10)11/h4-7,10,14H,8-9H2,1-3H3/t10-/m0/s1. The maximum Gasteiger partial charge on any atom is 0.0213 e. The van der Waals surface area contributed by atoms with Crippen molar-refractivity contribution in [1.29, 1.82) is 0 Å². The molecule has 1 heterocycles. The van der Waals surface area contributed by atoms with Crippen molar-refractivity contribution in [2.45, 2.75) is 45.2 Å². The third-order valence-electron chi connectivity index (χ3n) is 3.16. The van der Waals surface area contributed by atoms with Gasteiger partial charge >= 0.3 is 0 Å². The van der Waals surface area contributed by atoms with Crippen LogP contribution in [0.25, 0.3) is 0 Å². The highest BCUT2D eigenvalue weighted by molar-refractivity contribution is 5.31. The fourth-order valence-corrected chi connectivity index (χ4v) is 2.46. The van der Waals surface area contributed by atoms with E-state index in [1.807, 2.05) is 0 Å². The van der Waals surface area contributed by atoms with Gasteiger partial charge in [0, 0.05) is 12.1 Å². The molecule has 1 atom stereocenters. The SMILES string of the molecule is C[C@H]1CC(C)(C)NCc2ccccc21. The van der Waals surface area contributed by atoms with Crippen molar-refractivity contribution in [1.82, 2.24) is 5.32 Å². The number of nitrogens with one attached hydrogen (secondary N) is 1. The number of hydrogen-bond donors (Lipinski definition) is 1. The van der Waals surface area contributed by atoms with E-state index in [1.165, 1.54) is 17.5 Å². The molecule has 76 valence electrons. The Hall–Kier alpha value is -0.820. The zero-order valence-electron chi connectivity index (χ0n) is 9.30. The van der Waals surface area contributed by atoms with Gasteiger partial charge in [-0.1, -0.05) is 31.2 Å². The average Bonchev–Trinajstić information content (AvgIpc) is 2.24. The molecule has 0 aliphatic carbocycles. The smallest absolute Gasteiger partial charge is 0.0213 e. The van der Waals surface area contributed by atoms with Crippen molar-refractivity contribution in [2.75, 3.05) is 0 Å². The van der Waals surface area contributed by atoms with Gasteiger partial charge in [0.1, 0.15) is 0 Å². The summed E-state index contributed by atoms with van der Waals surface area (Å²) in [4.78, 5) is 0. The Labute approximate surface area is 86.5 Å². The predicted molar refractivity (Wildman–Crippen MR) is 60.4 cm³/mol. The number of rotatable bonds is 0. The molecule has 1 heteroatoms. The first kappa shape index (κ1) is 9.72. The number of fused-ring (bicyclic) bond motifs is 1. The van der Waals surface area contributed by atoms with Crippen molar-refractivity contribution in [3.63, 3.8) is 0 Å². The van der Waals surface area contributed by atoms with Crippen molar-refractivity contribution < 1.29 is 0 Å². The van der Waals surface area contributed by atoms with E-state index < -0.39 is 0 Å². The number of benzene rings is 1. The summed E-state index contributed by atoms with van der Waals surface area (Å²) in [5.41, 5.74) is 3.24. The summed E-state index contributed by atoms with van der Waals surface area (Å²) >= 11 is 0. The minimum Gasteiger partial charge on any atom is -0.308 e. The summed E-state index contributed by atoms with van der Waals surface area (Å²) < 4.78 is 0. The van der Waals surface area contributed by atoms with Crippen molar-refractivity contribution in [3.8, 4) is 0 Å². The highest BCUT2D eigenvalue weighted by Crippen LogP contribution is 2.31. The van der Waals surface area contributed by atoms with E-state index in [0.29, 0.717) is 5.92 Å². The van der Waals surface area contributed by atoms with Crippen LogP contribution in [-0.4, -0.2) is 5.54 Å². The minimum absolute atomic E-state index is 0.262. The van der Waals surface area contributed by atoms with E-state index in [1.54, 1.807) is 0 Å². The van der Waals surface area contributed by atoms with Gasteiger partial charge in [0.25, 0.3) is 0 Å². The van der Waals surface area contributed by atoms with Crippen LogP contribution in [0.3, 0.4) is 0 Å². The average molecular weight is 189 g/mol. The molecule has 0 radical (unpaired) electrons. The molecule has 1 aromatic rings. The summed E-state index contributed by atoms with van der Waals surface area (Å²) in [6.07, 6.45) is 1.21. The monoisotopic (exact) mass is 189 g/mol. The molecule has 0 spiro atoms. The molecule has 1 aliphatic rings. The fourth-order valence-electron chi connectivity index (χ4n) is 2.46. The maximum absolute atomic E-state index is 3.61. The van der Waals surface area contributed by atoms with Gasteiger partial charge in [-0.15, -0.1) is 0 Å². The van der Waals surface area contributed by atoms with Gasteiger partial charge in [0.05, 0.1) is 0 Å². The van der Waals surface area contributed by atoms with E-state index in [9.17, 15) is 0 Å². The summed E-state index contributed by atoms with van der Waals surface area (Å²) in [5.74, 6) is 0.663. The number of hydrogen-bond acceptors (Lipinski definition) is 1. The van der Waals surface area contributed by atoms with Gasteiger partial charge in [-0.3, -0.25) is 0 Å². The second-order valence-corrected chi connectivity index (χ2v) is 5.04. The third kappa shape index (κ3) is 1.83. The second-order valence-electron chi connectivity index (χ2n) is 5.04. The normalized spacial score (nSPS) is 25.2. The molecule has 0 aromatic heterocycles. The van der Waals surface area contributed by atoms with Crippen molar-refractivity contribution >= 4 is 0 Å². The third-order valence-corrected chi connectivity index (χ3v) is 3.16. The largest absolute Gasteiger partial charge is 0.308 e. The van der Waals surface area contributed by atoms with E-state index >= 15 is 0 Å². The zero-order chi connectivity index (χ0) is 10.2. The fraction of sp³-hybridized carbons (Fsp3) is 0.538. The van der Waals surface area contributed by atoms with Gasteiger partial charge in [0.2, 0.25) is 0 Å². The highest BCUT2D eigenvalue weighted by Gasteiger charge is 2.25. The summed E-state index contributed by atoms with van der Waals surface area (Å²) in [6.45, 7) is 7.91. The van der Waals surface area contributed by atoms with Gasteiger partial charge < -0.3 is 5.32 Å². The lowest BCUT2D eigenvalue weighted by atomic mass is 9.88. The highest BCUT2D eigenvalue weighted by atomic mass is 15.0. The van der Waals surface area contributed by atoms with Crippen LogP contribution in [0.5, 0.6) is 0 Å². The molecule has 0 amide bonds. The van der Waals surface area contributed by atoms with Crippen LogP contribution in [-0.2, 0) is 6.54 Å². The summed E-state index contributed by atoms with van der Waals surface area (Å²) in [6, 6.07) is 8.78. The van der Waals surface area contributed by atoms with Crippen LogP contribution in [0.4, 0.5) is 0 Å². The second kappa shape index (κ2) is 3.39. The molecule has 0 unspecified atom stereocenters. The maximum atomic E-state index is 3.61. The first-order valence-electron chi connectivity index (χ1n) is 5.41. The molecule has 14 heavy (non-hydrogen) atoms. The van der Waals surface area contributed by atoms with Crippen LogP contribution in [0.2, 0.25) is 0 Å². The zero-order valence-corrected chi connectivity index (χ0v) is 9.30. The Morgan fingerprint density at radius 1 is 1.29 bits per heavy atom. The molecule has 0 fully saturated rings. The van der Waals surface area contributed by atoms with Crippen LogP contribution in [0.1, 0.15) is 44.2 Å². The van der Waals surface area contributed by atoms with Gasteiger partial charge in [0.15, 0.2) is 0 Å². The molecule has 0 saturated carbocycles. The first-order chi connectivity index (χ1) is 6.58. The summed E-state index contributed by atoms with van der Waals surface area (Å²) in [5, 5.41) is 3.61. The molecule has 1 nitrogen and oxygen atoms in total. The molecular formula is C13H19N. The quantitative estimate of drug-likeness (QED) is 0.661. The molecule has 2 rings (SSSR count). The molecular weight excluding hydrogens is 170 g/mol. The first-order valence-corrected chi connectivity index (χ1v) is 5.41. The predicted octanol–water partition coefficient (Wildman–Crippen LogP) is 3.06. The van der Waals surface area contributed by atoms with Crippen molar-refractivity contribution in [2.24, 2.45) is 0 Å². The Morgan fingerprint density at radius 2 is 2.00 bits per heavy atom. The summed E-state index contributed by atoms with van der Waals surface area (Å²) in [7, 11) is 0. The Balaban J connectivity index is 2.36. The molecule has 1 aliphatic heterocycles. The molecule has 1 aromatic carbocycles. The van der Waals surface area contributed by atoms with E-state index in [-0.39, 0.29) is 5.54 Å². The van der Waals surface area contributed by atoms with Gasteiger partial charge in [-0.05, 0) is 37.3 Å². The molecule has 0 saturated heterocycles. The molecule has 0 bridgehead atoms. The Bertz CT molecular complexity index is 328. The lowest BCUT2D eigenvalue weighted by Crippen LogP contribution is -2.37. The van der Waals surface area contributed by atoms with E-state index in [4.69, 9.17) is 0 Å². The Morgan fingerprint density at radius 3 is 2.79 bits per heavy atom. The van der Waals surface area contributed by atoms with Crippen LogP contribution in [0, 0.1) is 0 Å². The van der Waals surface area contributed by atoms with Gasteiger partial charge in [-0.25, -0.2) is 0 Å². The minimum atomic E-state index is 0.262. The van der Waals surface area contributed by atoms with Crippen LogP contribution in [0.15, 0.2) is 24.3 Å². The Kier molecular flexibility index (Phi) is 2.36. The van der Waals surface area contributed by atoms with Crippen LogP contribution < -0.4 is 5.32 Å². The van der Waals surface area contributed by atoms with Crippen molar-refractivity contribution in [3.05, 3.63) is 35.4 Å².